The third-order valence-electron chi connectivity index (χ3n) is 3.71. The van der Waals surface area contributed by atoms with Gasteiger partial charge in [0.05, 0.1) is 10.5 Å². The first-order valence-electron chi connectivity index (χ1n) is 7.45. The second-order valence-corrected chi connectivity index (χ2v) is 7.92. The van der Waals surface area contributed by atoms with Gasteiger partial charge in [0, 0.05) is 17.6 Å². The molecule has 0 fully saturated rings. The highest BCUT2D eigenvalue weighted by molar-refractivity contribution is 7.89. The van der Waals surface area contributed by atoms with Gasteiger partial charge >= 0.3 is 5.97 Å². The van der Waals surface area contributed by atoms with Crippen LogP contribution in [0.25, 0.3) is 0 Å². The lowest BCUT2D eigenvalue weighted by Crippen LogP contribution is -2.34. The first kappa shape index (κ1) is 19.4. The molecule has 0 bridgehead atoms. The van der Waals surface area contributed by atoms with Gasteiger partial charge in [0.1, 0.15) is 0 Å². The number of likely N-dealkylation sites (N-methyl/N-ethyl adjacent to an activating group) is 1. The molecule has 2 N–H and O–H groups in total. The topological polar surface area (TPSA) is 86.7 Å². The van der Waals surface area contributed by atoms with Crippen LogP contribution in [0.3, 0.4) is 0 Å². The number of carboxylic acid groups (broad SMARTS) is 1. The number of nitrogens with one attached hydrogen (secondary N) is 1. The van der Waals surface area contributed by atoms with Crippen LogP contribution in [-0.4, -0.2) is 45.0 Å². The van der Waals surface area contributed by atoms with Crippen LogP contribution in [0.15, 0.2) is 53.4 Å². The van der Waals surface area contributed by atoms with Crippen LogP contribution in [0.2, 0.25) is 5.02 Å². The van der Waals surface area contributed by atoms with Crippen LogP contribution >= 0.6 is 11.6 Å². The zero-order valence-corrected chi connectivity index (χ0v) is 15.4. The number of rotatable bonds is 7. The predicted molar refractivity (Wildman–Crippen MR) is 96.5 cm³/mol. The average molecular weight is 383 g/mol. The molecule has 1 atom stereocenters. The Morgan fingerprint density at radius 2 is 1.88 bits per heavy atom. The van der Waals surface area contributed by atoms with Crippen molar-refractivity contribution in [3.05, 3.63) is 64.7 Å². The normalized spacial score (nSPS) is 13.0. The number of halogens is 1. The summed E-state index contributed by atoms with van der Waals surface area (Å²) in [5, 5.41) is 9.58. The van der Waals surface area contributed by atoms with Crippen molar-refractivity contribution in [3.63, 3.8) is 0 Å². The fourth-order valence-corrected chi connectivity index (χ4v) is 3.66. The molecule has 0 aliphatic rings. The zero-order chi connectivity index (χ0) is 18.6. The van der Waals surface area contributed by atoms with Gasteiger partial charge in [-0.15, -0.1) is 0 Å². The summed E-state index contributed by atoms with van der Waals surface area (Å²) in [4.78, 5) is 12.8. The molecule has 134 valence electrons. The minimum atomic E-state index is -3.84. The number of nitrogens with zero attached hydrogens (tertiary/aromatic N) is 1. The second-order valence-electron chi connectivity index (χ2n) is 5.72. The lowest BCUT2D eigenvalue weighted by molar-refractivity contribution is 0.0696. The Morgan fingerprint density at radius 3 is 2.48 bits per heavy atom. The van der Waals surface area contributed by atoms with Crippen LogP contribution in [0.5, 0.6) is 0 Å². The molecule has 6 nitrogen and oxygen atoms in total. The zero-order valence-electron chi connectivity index (χ0n) is 13.8. The Hall–Kier alpha value is -1.93. The standard InChI is InChI=1S/C17H19ClN2O4S/c1-20(2)16(12-5-3-7-14(18)9-12)11-19-25(23,24)15-8-4-6-13(10-15)17(21)22/h3-10,16,19H,11H2,1-2H3,(H,21,22). The molecule has 2 rings (SSSR count). The van der Waals surface area contributed by atoms with Gasteiger partial charge in [0.25, 0.3) is 0 Å². The summed E-state index contributed by atoms with van der Waals surface area (Å²) in [6.07, 6.45) is 0. The van der Waals surface area contributed by atoms with Crippen molar-refractivity contribution < 1.29 is 18.3 Å². The summed E-state index contributed by atoms with van der Waals surface area (Å²) in [5.74, 6) is -1.18. The number of carboxylic acids is 1. The van der Waals surface area contributed by atoms with Gasteiger partial charge < -0.3 is 10.0 Å². The van der Waals surface area contributed by atoms with Gasteiger partial charge in [-0.25, -0.2) is 17.9 Å². The van der Waals surface area contributed by atoms with E-state index < -0.39 is 16.0 Å². The highest BCUT2D eigenvalue weighted by Gasteiger charge is 2.20. The van der Waals surface area contributed by atoms with Crippen LogP contribution < -0.4 is 4.72 Å². The maximum atomic E-state index is 12.5. The smallest absolute Gasteiger partial charge is 0.335 e. The minimum Gasteiger partial charge on any atom is -0.478 e. The number of hydrogen-bond acceptors (Lipinski definition) is 4. The lowest BCUT2D eigenvalue weighted by Gasteiger charge is -2.25. The van der Waals surface area contributed by atoms with E-state index in [0.29, 0.717) is 5.02 Å². The molecule has 0 radical (unpaired) electrons. The van der Waals surface area contributed by atoms with Gasteiger partial charge in [-0.05, 0) is 50.0 Å². The Bertz CT molecular complexity index is 868. The van der Waals surface area contributed by atoms with Crippen molar-refractivity contribution in [2.24, 2.45) is 0 Å². The number of carbonyl (C=O) groups is 1. The van der Waals surface area contributed by atoms with E-state index in [4.69, 9.17) is 16.7 Å². The molecule has 0 aromatic heterocycles. The molecular weight excluding hydrogens is 364 g/mol. The van der Waals surface area contributed by atoms with Crippen LogP contribution in [-0.2, 0) is 10.0 Å². The fourth-order valence-electron chi connectivity index (χ4n) is 2.38. The molecule has 0 spiro atoms. The highest BCUT2D eigenvalue weighted by Crippen LogP contribution is 2.22. The maximum Gasteiger partial charge on any atom is 0.335 e. The molecule has 0 amide bonds. The predicted octanol–water partition coefficient (Wildman–Crippen LogP) is 2.62. The summed E-state index contributed by atoms with van der Waals surface area (Å²) in [7, 11) is -0.160. The van der Waals surface area contributed by atoms with Gasteiger partial charge in [0.2, 0.25) is 10.0 Å². The lowest BCUT2D eigenvalue weighted by atomic mass is 10.1. The number of hydrogen-bond donors (Lipinski definition) is 2. The third kappa shape index (κ3) is 5.02. The van der Waals surface area contributed by atoms with Crippen LogP contribution in [0.1, 0.15) is 22.0 Å². The van der Waals surface area contributed by atoms with Gasteiger partial charge in [-0.3, -0.25) is 0 Å². The SMILES string of the molecule is CN(C)C(CNS(=O)(=O)c1cccc(C(=O)O)c1)c1cccc(Cl)c1. The molecule has 25 heavy (non-hydrogen) atoms. The highest BCUT2D eigenvalue weighted by atomic mass is 35.5. The molecule has 0 aliphatic carbocycles. The monoisotopic (exact) mass is 382 g/mol. The third-order valence-corrected chi connectivity index (χ3v) is 5.37. The second kappa shape index (κ2) is 7.97. The van der Waals surface area contributed by atoms with E-state index in [2.05, 4.69) is 4.72 Å². The average Bonchev–Trinajstić information content (AvgIpc) is 2.55. The Kier molecular flexibility index (Phi) is 6.18. The first-order valence-corrected chi connectivity index (χ1v) is 9.32. The molecule has 2 aromatic carbocycles. The summed E-state index contributed by atoms with van der Waals surface area (Å²) in [5.41, 5.74) is 0.793. The van der Waals surface area contributed by atoms with Crippen molar-refractivity contribution in [2.45, 2.75) is 10.9 Å². The summed E-state index contributed by atoms with van der Waals surface area (Å²) in [6.45, 7) is 0.118. The molecule has 0 saturated carbocycles. The molecule has 2 aromatic rings. The van der Waals surface area contributed by atoms with Crippen molar-refractivity contribution >= 4 is 27.6 Å². The van der Waals surface area contributed by atoms with Crippen molar-refractivity contribution in [3.8, 4) is 0 Å². The van der Waals surface area contributed by atoms with Gasteiger partial charge in [-0.1, -0.05) is 29.8 Å². The van der Waals surface area contributed by atoms with Crippen LogP contribution in [0, 0.1) is 0 Å². The van der Waals surface area contributed by atoms with E-state index in [1.165, 1.54) is 18.2 Å². The van der Waals surface area contributed by atoms with Crippen molar-refractivity contribution in [1.82, 2.24) is 9.62 Å². The summed E-state index contributed by atoms with van der Waals surface area (Å²) >= 11 is 6.01. The number of aromatic carboxylic acids is 1. The van der Waals surface area contributed by atoms with E-state index in [1.54, 1.807) is 18.2 Å². The molecule has 0 aliphatic heterocycles. The number of sulfonamides is 1. The summed E-state index contributed by atoms with van der Waals surface area (Å²) < 4.78 is 27.5. The Labute approximate surface area is 152 Å². The first-order chi connectivity index (χ1) is 11.7. The van der Waals surface area contributed by atoms with Crippen molar-refractivity contribution in [2.75, 3.05) is 20.6 Å². The Balaban J connectivity index is 2.22. The van der Waals surface area contributed by atoms with Gasteiger partial charge in [0.15, 0.2) is 0 Å². The maximum absolute atomic E-state index is 12.5. The van der Waals surface area contributed by atoms with Crippen molar-refractivity contribution in [1.29, 1.82) is 0 Å². The largest absolute Gasteiger partial charge is 0.478 e. The van der Waals surface area contributed by atoms with Crippen LogP contribution in [0.4, 0.5) is 0 Å². The minimum absolute atomic E-state index is 0.0816. The molecular formula is C17H19ClN2O4S. The van der Waals surface area contributed by atoms with E-state index in [1.807, 2.05) is 25.1 Å². The van der Waals surface area contributed by atoms with E-state index in [9.17, 15) is 13.2 Å². The fraction of sp³-hybridized carbons (Fsp3) is 0.235. The quantitative estimate of drug-likeness (QED) is 0.768. The summed E-state index contributed by atoms with van der Waals surface area (Å²) in [6, 6.07) is 12.2. The van der Waals surface area contributed by atoms with Gasteiger partial charge in [-0.2, -0.15) is 0 Å². The Morgan fingerprint density at radius 1 is 1.20 bits per heavy atom. The molecule has 1 unspecified atom stereocenters. The van der Waals surface area contributed by atoms with E-state index >= 15 is 0 Å². The molecule has 8 heteroatoms. The molecule has 0 heterocycles. The molecule has 0 saturated heterocycles. The van der Waals surface area contributed by atoms with E-state index in [-0.39, 0.29) is 23.0 Å². The van der Waals surface area contributed by atoms with E-state index in [0.717, 1.165) is 11.6 Å². The number of benzene rings is 2.